The zero-order chi connectivity index (χ0) is 13.0. The third kappa shape index (κ3) is 3.32. The maximum Gasteiger partial charge on any atom is 0.0931 e. The predicted molar refractivity (Wildman–Crippen MR) is 81.4 cm³/mol. The van der Waals surface area contributed by atoms with E-state index in [2.05, 4.69) is 39.2 Å². The van der Waals surface area contributed by atoms with E-state index < -0.39 is 0 Å². The van der Waals surface area contributed by atoms with E-state index in [0.29, 0.717) is 0 Å². The number of rotatable bonds is 5. The Hall–Kier alpha value is -0.420. The molecule has 0 radical (unpaired) electrons. The molecule has 0 saturated heterocycles. The second-order valence-corrected chi connectivity index (χ2v) is 6.50. The normalized spacial score (nSPS) is 12.6. The fraction of sp³-hybridized carbons (Fsp3) is 0.308. The van der Waals surface area contributed by atoms with E-state index in [-0.39, 0.29) is 6.04 Å². The molecule has 2 nitrogen and oxygen atoms in total. The molecular formula is C13H14BrClN2S. The smallest absolute Gasteiger partial charge is 0.0931 e. The van der Waals surface area contributed by atoms with Crippen molar-refractivity contribution in [3.8, 4) is 0 Å². The molecule has 0 aromatic carbocycles. The Bertz CT molecular complexity index is 515. The molecule has 2 rings (SSSR count). The molecule has 0 saturated carbocycles. The second kappa shape index (κ2) is 6.66. The molecule has 2 heterocycles. The monoisotopic (exact) mass is 344 g/mol. The van der Waals surface area contributed by atoms with Gasteiger partial charge >= 0.3 is 0 Å². The predicted octanol–water partition coefficient (Wildman–Crippen LogP) is 4.65. The van der Waals surface area contributed by atoms with Crippen molar-refractivity contribution in [1.29, 1.82) is 0 Å². The third-order valence-corrected chi connectivity index (χ3v) is 4.50. The summed E-state index contributed by atoms with van der Waals surface area (Å²) in [5.41, 5.74) is 1.00. The first-order valence-electron chi connectivity index (χ1n) is 5.81. The van der Waals surface area contributed by atoms with Crippen LogP contribution < -0.4 is 5.32 Å². The van der Waals surface area contributed by atoms with Crippen LogP contribution in [0.15, 0.2) is 34.9 Å². The molecule has 0 aliphatic rings. The lowest BCUT2D eigenvalue weighted by Gasteiger charge is -2.17. The van der Waals surface area contributed by atoms with E-state index in [0.717, 1.165) is 27.5 Å². The average molecular weight is 346 g/mol. The van der Waals surface area contributed by atoms with E-state index in [1.165, 1.54) is 4.88 Å². The largest absolute Gasteiger partial charge is 0.304 e. The number of hydrogen-bond donors (Lipinski definition) is 1. The fourth-order valence-electron chi connectivity index (χ4n) is 1.71. The molecule has 0 amide bonds. The first-order valence-corrected chi connectivity index (χ1v) is 7.80. The van der Waals surface area contributed by atoms with E-state index in [1.807, 2.05) is 24.4 Å². The summed E-state index contributed by atoms with van der Waals surface area (Å²) in [7, 11) is 0. The Morgan fingerprint density at radius 3 is 2.89 bits per heavy atom. The summed E-state index contributed by atoms with van der Waals surface area (Å²) in [6, 6.07) is 8.02. The van der Waals surface area contributed by atoms with Gasteiger partial charge in [0.2, 0.25) is 0 Å². The number of aromatic nitrogens is 1. The molecule has 1 atom stereocenters. The summed E-state index contributed by atoms with van der Waals surface area (Å²) in [5.74, 6) is 0. The topological polar surface area (TPSA) is 24.9 Å². The van der Waals surface area contributed by atoms with Crippen molar-refractivity contribution in [2.24, 2.45) is 0 Å². The highest BCUT2D eigenvalue weighted by atomic mass is 79.9. The van der Waals surface area contributed by atoms with Crippen LogP contribution in [0.2, 0.25) is 4.34 Å². The molecule has 1 N–H and O–H groups in total. The summed E-state index contributed by atoms with van der Waals surface area (Å²) < 4.78 is 1.82. The Morgan fingerprint density at radius 1 is 1.44 bits per heavy atom. The Balaban J connectivity index is 2.33. The van der Waals surface area contributed by atoms with Gasteiger partial charge in [-0.15, -0.1) is 11.3 Å². The van der Waals surface area contributed by atoms with Crippen molar-refractivity contribution in [2.45, 2.75) is 19.4 Å². The first kappa shape index (κ1) is 14.0. The molecule has 0 aliphatic heterocycles. The number of thiophene rings is 1. The van der Waals surface area contributed by atoms with Crippen LogP contribution in [0.3, 0.4) is 0 Å². The lowest BCUT2D eigenvalue weighted by molar-refractivity contribution is 0.591. The standard InChI is InChI=1S/C13H14BrClN2S/c1-2-7-16-13(10-5-6-11(15)18-10)12-9(14)4-3-8-17-12/h3-6,8,13,16H,2,7H2,1H3. The van der Waals surface area contributed by atoms with Crippen molar-refractivity contribution >= 4 is 38.9 Å². The summed E-state index contributed by atoms with van der Waals surface area (Å²) in [6.45, 7) is 3.10. The van der Waals surface area contributed by atoms with Crippen molar-refractivity contribution < 1.29 is 0 Å². The Morgan fingerprint density at radius 2 is 2.28 bits per heavy atom. The van der Waals surface area contributed by atoms with Crippen LogP contribution in [0, 0.1) is 0 Å². The molecule has 96 valence electrons. The quantitative estimate of drug-likeness (QED) is 0.853. The Kier molecular flexibility index (Phi) is 5.18. The van der Waals surface area contributed by atoms with Gasteiger partial charge in [-0.05, 0) is 53.2 Å². The lowest BCUT2D eigenvalue weighted by atomic mass is 10.1. The SMILES string of the molecule is CCCNC(c1ccc(Cl)s1)c1ncccc1Br. The third-order valence-electron chi connectivity index (χ3n) is 2.54. The summed E-state index contributed by atoms with van der Waals surface area (Å²) >= 11 is 11.2. The minimum absolute atomic E-state index is 0.0954. The molecule has 0 aliphatic carbocycles. The molecular weight excluding hydrogens is 332 g/mol. The van der Waals surface area contributed by atoms with Crippen LogP contribution >= 0.6 is 38.9 Å². The van der Waals surface area contributed by atoms with Gasteiger partial charge in [-0.25, -0.2) is 0 Å². The highest BCUT2D eigenvalue weighted by molar-refractivity contribution is 9.10. The molecule has 0 fully saturated rings. The number of hydrogen-bond acceptors (Lipinski definition) is 3. The van der Waals surface area contributed by atoms with Gasteiger partial charge in [0.1, 0.15) is 0 Å². The number of nitrogens with zero attached hydrogens (tertiary/aromatic N) is 1. The number of nitrogens with one attached hydrogen (secondary N) is 1. The van der Waals surface area contributed by atoms with Crippen molar-refractivity contribution in [3.63, 3.8) is 0 Å². The first-order chi connectivity index (χ1) is 8.72. The summed E-state index contributed by atoms with van der Waals surface area (Å²) in [6.07, 6.45) is 2.90. The van der Waals surface area contributed by atoms with Crippen LogP contribution in [0.5, 0.6) is 0 Å². The van der Waals surface area contributed by atoms with E-state index in [4.69, 9.17) is 11.6 Å². The summed E-state index contributed by atoms with van der Waals surface area (Å²) in [4.78, 5) is 5.66. The van der Waals surface area contributed by atoms with E-state index >= 15 is 0 Å². The number of halogens is 2. The molecule has 0 bridgehead atoms. The minimum Gasteiger partial charge on any atom is -0.304 e. The second-order valence-electron chi connectivity index (χ2n) is 3.90. The van der Waals surface area contributed by atoms with Gasteiger partial charge in [0.05, 0.1) is 16.1 Å². The molecule has 2 aromatic heterocycles. The molecule has 1 unspecified atom stereocenters. The Labute approximate surface area is 125 Å². The highest BCUT2D eigenvalue weighted by Gasteiger charge is 2.19. The van der Waals surface area contributed by atoms with Gasteiger partial charge < -0.3 is 5.32 Å². The van der Waals surface area contributed by atoms with Gasteiger partial charge in [-0.1, -0.05) is 18.5 Å². The van der Waals surface area contributed by atoms with Gasteiger partial charge in [0, 0.05) is 15.5 Å². The highest BCUT2D eigenvalue weighted by Crippen LogP contribution is 2.33. The zero-order valence-electron chi connectivity index (χ0n) is 9.99. The van der Waals surface area contributed by atoms with Crippen molar-refractivity contribution in [1.82, 2.24) is 10.3 Å². The van der Waals surface area contributed by atoms with Gasteiger partial charge in [-0.2, -0.15) is 0 Å². The average Bonchev–Trinajstić information content (AvgIpc) is 2.78. The van der Waals surface area contributed by atoms with Crippen LogP contribution in [0.1, 0.15) is 30.0 Å². The number of pyridine rings is 1. The van der Waals surface area contributed by atoms with Crippen LogP contribution in [0.4, 0.5) is 0 Å². The van der Waals surface area contributed by atoms with Crippen LogP contribution in [0.25, 0.3) is 0 Å². The lowest BCUT2D eigenvalue weighted by Crippen LogP contribution is -2.23. The fourth-order valence-corrected chi connectivity index (χ4v) is 3.34. The maximum absolute atomic E-state index is 6.02. The van der Waals surface area contributed by atoms with Crippen LogP contribution in [-0.2, 0) is 0 Å². The molecule has 5 heteroatoms. The zero-order valence-corrected chi connectivity index (χ0v) is 13.1. The van der Waals surface area contributed by atoms with Gasteiger partial charge in [0.25, 0.3) is 0 Å². The molecule has 2 aromatic rings. The van der Waals surface area contributed by atoms with Gasteiger partial charge in [-0.3, -0.25) is 4.98 Å². The molecule has 18 heavy (non-hydrogen) atoms. The van der Waals surface area contributed by atoms with E-state index in [9.17, 15) is 0 Å². The van der Waals surface area contributed by atoms with Crippen molar-refractivity contribution in [2.75, 3.05) is 6.54 Å². The minimum atomic E-state index is 0.0954. The van der Waals surface area contributed by atoms with E-state index in [1.54, 1.807) is 11.3 Å². The van der Waals surface area contributed by atoms with Gasteiger partial charge in [0.15, 0.2) is 0 Å². The van der Waals surface area contributed by atoms with Crippen LogP contribution in [-0.4, -0.2) is 11.5 Å². The molecule has 0 spiro atoms. The summed E-state index contributed by atoms with van der Waals surface area (Å²) in [5, 5.41) is 3.52. The van der Waals surface area contributed by atoms with Crippen molar-refractivity contribution in [3.05, 3.63) is 49.8 Å². The maximum atomic E-state index is 6.02.